The van der Waals surface area contributed by atoms with E-state index in [1.165, 1.54) is 5.56 Å². The maximum absolute atomic E-state index is 5.30. The Hall–Kier alpha value is -1.02. The van der Waals surface area contributed by atoms with E-state index < -0.39 is 0 Å². The lowest BCUT2D eigenvalue weighted by Gasteiger charge is -2.06. The van der Waals surface area contributed by atoms with E-state index >= 15 is 0 Å². The van der Waals surface area contributed by atoms with Crippen molar-refractivity contribution in [2.24, 2.45) is 11.8 Å². The molecule has 0 unspecified atom stereocenters. The number of hydrazine groups is 1. The van der Waals surface area contributed by atoms with Crippen LogP contribution in [0.15, 0.2) is 24.3 Å². The van der Waals surface area contributed by atoms with Crippen LogP contribution in [0.25, 0.3) is 0 Å². The Bertz CT molecular complexity index is 243. The zero-order valence-corrected chi connectivity index (χ0v) is 7.67. The Morgan fingerprint density at radius 3 is 2.75 bits per heavy atom. The summed E-state index contributed by atoms with van der Waals surface area (Å²) in [5.74, 6) is 5.99. The summed E-state index contributed by atoms with van der Waals surface area (Å²) < 4.78 is 0. The first-order valence-corrected chi connectivity index (χ1v) is 4.28. The molecule has 0 heterocycles. The molecule has 0 radical (unpaired) electrons. The minimum atomic E-state index is 0.693. The number of nitrogens with two attached hydrogens (primary N) is 1. The fourth-order valence-corrected chi connectivity index (χ4v) is 1.26. The summed E-state index contributed by atoms with van der Waals surface area (Å²) in [6, 6.07) is 8.19. The van der Waals surface area contributed by atoms with Gasteiger partial charge in [0, 0.05) is 5.69 Å². The van der Waals surface area contributed by atoms with E-state index in [2.05, 4.69) is 31.4 Å². The molecule has 0 amide bonds. The Kier molecular flexibility index (Phi) is 3.11. The van der Waals surface area contributed by atoms with Crippen molar-refractivity contribution < 1.29 is 0 Å². The van der Waals surface area contributed by atoms with Gasteiger partial charge in [-0.1, -0.05) is 26.0 Å². The van der Waals surface area contributed by atoms with Crippen LogP contribution in [-0.4, -0.2) is 0 Å². The van der Waals surface area contributed by atoms with Gasteiger partial charge in [0.15, 0.2) is 0 Å². The standard InChI is InChI=1S/C10H16N2/c1-8(2)6-9-4-3-5-10(7-9)12-11/h3-5,7-8,12H,6,11H2,1-2H3. The van der Waals surface area contributed by atoms with Crippen LogP contribution in [-0.2, 0) is 6.42 Å². The molecule has 2 nitrogen and oxygen atoms in total. The first kappa shape index (κ1) is 9.07. The highest BCUT2D eigenvalue weighted by molar-refractivity contribution is 5.44. The van der Waals surface area contributed by atoms with Crippen molar-refractivity contribution in [1.29, 1.82) is 0 Å². The Morgan fingerprint density at radius 2 is 2.17 bits per heavy atom. The van der Waals surface area contributed by atoms with E-state index in [-0.39, 0.29) is 0 Å². The van der Waals surface area contributed by atoms with Crippen LogP contribution < -0.4 is 11.3 Å². The van der Waals surface area contributed by atoms with Crippen molar-refractivity contribution in [1.82, 2.24) is 0 Å². The molecule has 0 aliphatic rings. The highest BCUT2D eigenvalue weighted by Crippen LogP contribution is 2.12. The minimum absolute atomic E-state index is 0.693. The van der Waals surface area contributed by atoms with Crippen LogP contribution in [0.1, 0.15) is 19.4 Å². The van der Waals surface area contributed by atoms with E-state index in [9.17, 15) is 0 Å². The van der Waals surface area contributed by atoms with Gasteiger partial charge in [0.25, 0.3) is 0 Å². The fourth-order valence-electron chi connectivity index (χ4n) is 1.26. The zero-order valence-electron chi connectivity index (χ0n) is 7.67. The van der Waals surface area contributed by atoms with Gasteiger partial charge in [-0.2, -0.15) is 0 Å². The fraction of sp³-hybridized carbons (Fsp3) is 0.400. The summed E-state index contributed by atoms with van der Waals surface area (Å²) in [5, 5.41) is 0. The second-order valence-corrected chi connectivity index (χ2v) is 3.44. The molecule has 0 aliphatic heterocycles. The summed E-state index contributed by atoms with van der Waals surface area (Å²) in [7, 11) is 0. The third-order valence-corrected chi connectivity index (χ3v) is 1.74. The number of anilines is 1. The summed E-state index contributed by atoms with van der Waals surface area (Å²) in [6.45, 7) is 4.42. The maximum Gasteiger partial charge on any atom is 0.0487 e. The highest BCUT2D eigenvalue weighted by atomic mass is 15.2. The Morgan fingerprint density at radius 1 is 1.42 bits per heavy atom. The summed E-state index contributed by atoms with van der Waals surface area (Å²) in [5.41, 5.74) is 4.95. The molecule has 3 N–H and O–H groups in total. The lowest BCUT2D eigenvalue weighted by atomic mass is 10.0. The summed E-state index contributed by atoms with van der Waals surface area (Å²) in [4.78, 5) is 0. The summed E-state index contributed by atoms with van der Waals surface area (Å²) >= 11 is 0. The second kappa shape index (κ2) is 4.12. The van der Waals surface area contributed by atoms with E-state index in [0.29, 0.717) is 5.92 Å². The second-order valence-electron chi connectivity index (χ2n) is 3.44. The lowest BCUT2D eigenvalue weighted by molar-refractivity contribution is 0.647. The van der Waals surface area contributed by atoms with Crippen molar-refractivity contribution in [3.63, 3.8) is 0 Å². The number of hydrogen-bond acceptors (Lipinski definition) is 2. The third-order valence-electron chi connectivity index (χ3n) is 1.74. The number of hydrogen-bond donors (Lipinski definition) is 2. The van der Waals surface area contributed by atoms with Gasteiger partial charge in [-0.15, -0.1) is 0 Å². The minimum Gasteiger partial charge on any atom is -0.324 e. The maximum atomic E-state index is 5.30. The molecule has 0 saturated heterocycles. The van der Waals surface area contributed by atoms with Crippen LogP contribution >= 0.6 is 0 Å². The van der Waals surface area contributed by atoms with Crippen molar-refractivity contribution in [2.45, 2.75) is 20.3 Å². The monoisotopic (exact) mass is 164 g/mol. The van der Waals surface area contributed by atoms with Gasteiger partial charge in [0.2, 0.25) is 0 Å². The Balaban J connectivity index is 2.72. The van der Waals surface area contributed by atoms with E-state index in [1.54, 1.807) is 0 Å². The van der Waals surface area contributed by atoms with Crippen molar-refractivity contribution in [3.05, 3.63) is 29.8 Å². The first-order chi connectivity index (χ1) is 5.72. The normalized spacial score (nSPS) is 10.3. The van der Waals surface area contributed by atoms with E-state index in [4.69, 9.17) is 5.84 Å². The zero-order chi connectivity index (χ0) is 8.97. The van der Waals surface area contributed by atoms with Gasteiger partial charge in [0.05, 0.1) is 0 Å². The molecule has 0 fully saturated rings. The topological polar surface area (TPSA) is 38.0 Å². The molecule has 12 heavy (non-hydrogen) atoms. The first-order valence-electron chi connectivity index (χ1n) is 4.28. The molecule has 0 aliphatic carbocycles. The number of rotatable bonds is 3. The third kappa shape index (κ3) is 2.55. The van der Waals surface area contributed by atoms with E-state index in [1.807, 2.05) is 12.1 Å². The van der Waals surface area contributed by atoms with Gasteiger partial charge in [-0.25, -0.2) is 0 Å². The van der Waals surface area contributed by atoms with Crippen LogP contribution in [0.2, 0.25) is 0 Å². The van der Waals surface area contributed by atoms with Crippen molar-refractivity contribution >= 4 is 5.69 Å². The van der Waals surface area contributed by atoms with Crippen LogP contribution in [0, 0.1) is 5.92 Å². The van der Waals surface area contributed by atoms with Gasteiger partial charge in [-0.05, 0) is 30.0 Å². The Labute approximate surface area is 73.8 Å². The van der Waals surface area contributed by atoms with Gasteiger partial charge >= 0.3 is 0 Å². The predicted octanol–water partition coefficient (Wildman–Crippen LogP) is 2.17. The molecule has 0 atom stereocenters. The molecular formula is C10H16N2. The molecule has 1 aromatic carbocycles. The largest absolute Gasteiger partial charge is 0.324 e. The summed E-state index contributed by atoms with van der Waals surface area (Å²) in [6.07, 6.45) is 1.11. The molecule has 66 valence electrons. The lowest BCUT2D eigenvalue weighted by Crippen LogP contribution is -2.07. The average molecular weight is 164 g/mol. The van der Waals surface area contributed by atoms with Crippen LogP contribution in [0.4, 0.5) is 5.69 Å². The number of nitrogen functional groups attached to an aromatic ring is 1. The molecule has 0 bridgehead atoms. The number of benzene rings is 1. The van der Waals surface area contributed by atoms with Gasteiger partial charge in [0.1, 0.15) is 0 Å². The number of nitrogens with one attached hydrogen (secondary N) is 1. The molecule has 1 aromatic rings. The van der Waals surface area contributed by atoms with Crippen LogP contribution in [0.3, 0.4) is 0 Å². The average Bonchev–Trinajstić information content (AvgIpc) is 2.03. The quantitative estimate of drug-likeness (QED) is 0.530. The smallest absolute Gasteiger partial charge is 0.0487 e. The van der Waals surface area contributed by atoms with Crippen LogP contribution in [0.5, 0.6) is 0 Å². The molecule has 2 heteroatoms. The molecule has 0 saturated carbocycles. The SMILES string of the molecule is CC(C)Cc1cccc(NN)c1. The molecule has 0 spiro atoms. The highest BCUT2D eigenvalue weighted by Gasteiger charge is 1.97. The van der Waals surface area contributed by atoms with E-state index in [0.717, 1.165) is 12.1 Å². The molecular weight excluding hydrogens is 148 g/mol. The van der Waals surface area contributed by atoms with Gasteiger partial charge in [-0.3, -0.25) is 5.84 Å². The van der Waals surface area contributed by atoms with Crippen molar-refractivity contribution in [2.75, 3.05) is 5.43 Å². The predicted molar refractivity (Wildman–Crippen MR) is 52.8 cm³/mol. The van der Waals surface area contributed by atoms with Gasteiger partial charge < -0.3 is 5.43 Å². The molecule has 0 aromatic heterocycles. The molecule has 1 rings (SSSR count). The van der Waals surface area contributed by atoms with Crippen molar-refractivity contribution in [3.8, 4) is 0 Å².